The van der Waals surface area contributed by atoms with Crippen LogP contribution in [-0.4, -0.2) is 71.0 Å². The second-order valence-electron chi connectivity index (χ2n) is 7.48. The number of carboxylic acids is 1. The van der Waals surface area contributed by atoms with Crippen LogP contribution in [0.3, 0.4) is 0 Å². The van der Waals surface area contributed by atoms with Crippen LogP contribution in [0, 0.1) is 5.82 Å². The first kappa shape index (κ1) is 23.7. The van der Waals surface area contributed by atoms with Crippen LogP contribution < -0.4 is 4.74 Å². The number of benzene rings is 1. The van der Waals surface area contributed by atoms with Gasteiger partial charge in [0, 0.05) is 38.3 Å². The third kappa shape index (κ3) is 5.97. The van der Waals surface area contributed by atoms with Crippen molar-refractivity contribution in [2.24, 2.45) is 0 Å². The SMILES string of the molecule is CC(OC(=O)N1CCN(Cc2cccc(F)c2OC(C)(C)C(=O)O)CC1)C(F)(F)F. The van der Waals surface area contributed by atoms with Crippen molar-refractivity contribution in [2.75, 3.05) is 26.2 Å². The van der Waals surface area contributed by atoms with Crippen LogP contribution in [0.15, 0.2) is 18.2 Å². The molecule has 1 atom stereocenters. The molecule has 7 nitrogen and oxygen atoms in total. The van der Waals surface area contributed by atoms with Gasteiger partial charge in [0.05, 0.1) is 0 Å². The van der Waals surface area contributed by atoms with Crippen LogP contribution in [0.1, 0.15) is 26.3 Å². The van der Waals surface area contributed by atoms with Crippen molar-refractivity contribution < 1.29 is 41.7 Å². The van der Waals surface area contributed by atoms with Crippen LogP contribution in [0.5, 0.6) is 5.75 Å². The predicted molar refractivity (Wildman–Crippen MR) is 97.6 cm³/mol. The van der Waals surface area contributed by atoms with Gasteiger partial charge < -0.3 is 19.5 Å². The molecule has 168 valence electrons. The maximum atomic E-state index is 14.3. The number of hydrogen-bond donors (Lipinski definition) is 1. The number of aliphatic carboxylic acids is 1. The molecule has 11 heteroatoms. The van der Waals surface area contributed by atoms with Crippen LogP contribution in [0.25, 0.3) is 0 Å². The quantitative estimate of drug-likeness (QED) is 0.690. The number of rotatable bonds is 6. The van der Waals surface area contributed by atoms with Gasteiger partial charge in [-0.25, -0.2) is 14.0 Å². The number of amides is 1. The summed E-state index contributed by atoms with van der Waals surface area (Å²) in [5.41, 5.74) is -1.22. The molecule has 1 heterocycles. The highest BCUT2D eigenvalue weighted by molar-refractivity contribution is 5.76. The summed E-state index contributed by atoms with van der Waals surface area (Å²) >= 11 is 0. The summed E-state index contributed by atoms with van der Waals surface area (Å²) in [6, 6.07) is 4.23. The molecular weight excluding hydrogens is 412 g/mol. The molecule has 2 rings (SSSR count). The molecule has 1 aromatic carbocycles. The molecule has 0 aliphatic carbocycles. The predicted octanol–water partition coefficient (Wildman–Crippen LogP) is 3.27. The van der Waals surface area contributed by atoms with E-state index in [2.05, 4.69) is 4.74 Å². The largest absolute Gasteiger partial charge is 0.478 e. The van der Waals surface area contributed by atoms with Crippen LogP contribution in [0.2, 0.25) is 0 Å². The first-order valence-electron chi connectivity index (χ1n) is 9.25. The fourth-order valence-electron chi connectivity index (χ4n) is 2.71. The van der Waals surface area contributed by atoms with Gasteiger partial charge in [0.15, 0.2) is 23.3 Å². The number of nitrogens with zero attached hydrogens (tertiary/aromatic N) is 2. The van der Waals surface area contributed by atoms with Gasteiger partial charge in [0.25, 0.3) is 0 Å². The molecular formula is C19H24F4N2O5. The Morgan fingerprint density at radius 3 is 2.30 bits per heavy atom. The second-order valence-corrected chi connectivity index (χ2v) is 7.48. The number of halogens is 4. The van der Waals surface area contributed by atoms with Gasteiger partial charge in [-0.2, -0.15) is 13.2 Å². The number of carbonyl (C=O) groups is 2. The third-order valence-electron chi connectivity index (χ3n) is 4.68. The summed E-state index contributed by atoms with van der Waals surface area (Å²) in [5, 5.41) is 9.22. The molecule has 1 aliphatic heterocycles. The molecule has 1 N–H and O–H groups in total. The molecule has 30 heavy (non-hydrogen) atoms. The van der Waals surface area contributed by atoms with E-state index in [0.29, 0.717) is 18.7 Å². The van der Waals surface area contributed by atoms with Crippen LogP contribution in [-0.2, 0) is 16.1 Å². The van der Waals surface area contributed by atoms with Crippen molar-refractivity contribution in [2.45, 2.75) is 45.2 Å². The molecule has 0 radical (unpaired) electrons. The lowest BCUT2D eigenvalue weighted by atomic mass is 10.1. The Kier molecular flexibility index (Phi) is 7.17. The van der Waals surface area contributed by atoms with E-state index in [0.717, 1.165) is 13.0 Å². The zero-order chi connectivity index (χ0) is 22.7. The van der Waals surface area contributed by atoms with E-state index in [4.69, 9.17) is 4.74 Å². The Morgan fingerprint density at radius 2 is 1.77 bits per heavy atom. The highest BCUT2D eigenvalue weighted by Gasteiger charge is 2.40. The Hall–Kier alpha value is -2.56. The highest BCUT2D eigenvalue weighted by Crippen LogP contribution is 2.29. The van der Waals surface area contributed by atoms with E-state index in [1.165, 1.54) is 24.8 Å². The number of piperazine rings is 1. The van der Waals surface area contributed by atoms with Crippen LogP contribution >= 0.6 is 0 Å². The Labute approximate surface area is 171 Å². The summed E-state index contributed by atoms with van der Waals surface area (Å²) in [7, 11) is 0. The van der Waals surface area contributed by atoms with Crippen molar-refractivity contribution in [1.82, 2.24) is 9.80 Å². The first-order chi connectivity index (χ1) is 13.8. The van der Waals surface area contributed by atoms with Crippen LogP contribution in [0.4, 0.5) is 22.4 Å². The van der Waals surface area contributed by atoms with E-state index >= 15 is 0 Å². The Balaban J connectivity index is 1.99. The summed E-state index contributed by atoms with van der Waals surface area (Å²) < 4.78 is 61.7. The van der Waals surface area contributed by atoms with Gasteiger partial charge in [-0.3, -0.25) is 4.90 Å². The van der Waals surface area contributed by atoms with Gasteiger partial charge in [-0.1, -0.05) is 12.1 Å². The average Bonchev–Trinajstić information content (AvgIpc) is 2.64. The Bertz CT molecular complexity index is 777. The van der Waals surface area contributed by atoms with Gasteiger partial charge in [0.1, 0.15) is 0 Å². The topological polar surface area (TPSA) is 79.3 Å². The monoisotopic (exact) mass is 436 g/mol. The number of hydrogen-bond acceptors (Lipinski definition) is 5. The minimum absolute atomic E-state index is 0.134. The van der Waals surface area contributed by atoms with E-state index < -0.39 is 35.8 Å². The first-order valence-corrected chi connectivity index (χ1v) is 9.25. The van der Waals surface area contributed by atoms with E-state index in [9.17, 15) is 32.3 Å². The molecule has 0 spiro atoms. The Morgan fingerprint density at radius 1 is 1.17 bits per heavy atom. The van der Waals surface area contributed by atoms with Crippen molar-refractivity contribution in [3.05, 3.63) is 29.6 Å². The molecule has 1 aliphatic rings. The molecule has 1 unspecified atom stereocenters. The van der Waals surface area contributed by atoms with E-state index in [1.807, 2.05) is 4.90 Å². The number of para-hydroxylation sites is 1. The van der Waals surface area contributed by atoms with Gasteiger partial charge >= 0.3 is 18.2 Å². The third-order valence-corrected chi connectivity index (χ3v) is 4.68. The highest BCUT2D eigenvalue weighted by atomic mass is 19.4. The fourth-order valence-corrected chi connectivity index (χ4v) is 2.71. The molecule has 1 saturated heterocycles. The molecule has 1 amide bonds. The lowest BCUT2D eigenvalue weighted by Gasteiger charge is -2.35. The standard InChI is InChI=1S/C19H24F4N2O5/c1-12(19(21,22)23)29-17(28)25-9-7-24(8-10-25)11-13-5-4-6-14(20)15(13)30-18(2,3)16(26)27/h4-6,12H,7-11H2,1-3H3,(H,26,27). The summed E-state index contributed by atoms with van der Waals surface area (Å²) in [6.45, 7) is 4.48. The molecule has 1 fully saturated rings. The van der Waals surface area contributed by atoms with Crippen molar-refractivity contribution in [3.8, 4) is 5.75 Å². The normalized spacial score (nSPS) is 16.8. The summed E-state index contributed by atoms with van der Waals surface area (Å²) in [6.07, 6.45) is -7.88. The minimum Gasteiger partial charge on any atom is -0.478 e. The van der Waals surface area contributed by atoms with Gasteiger partial charge in [-0.15, -0.1) is 0 Å². The molecule has 0 bridgehead atoms. The fraction of sp³-hybridized carbons (Fsp3) is 0.579. The molecule has 0 aromatic heterocycles. The lowest BCUT2D eigenvalue weighted by Crippen LogP contribution is -2.49. The minimum atomic E-state index is -4.63. The second kappa shape index (κ2) is 9.07. The molecule has 0 saturated carbocycles. The zero-order valence-electron chi connectivity index (χ0n) is 16.8. The van der Waals surface area contributed by atoms with Crippen molar-refractivity contribution in [1.29, 1.82) is 0 Å². The number of alkyl halides is 3. The van der Waals surface area contributed by atoms with E-state index in [-0.39, 0.29) is 25.4 Å². The van der Waals surface area contributed by atoms with Gasteiger partial charge in [0.2, 0.25) is 0 Å². The smallest absolute Gasteiger partial charge is 0.425 e. The number of ether oxygens (including phenoxy) is 2. The average molecular weight is 436 g/mol. The maximum Gasteiger partial charge on any atom is 0.425 e. The molecule has 1 aromatic rings. The lowest BCUT2D eigenvalue weighted by molar-refractivity contribution is -0.200. The summed E-state index contributed by atoms with van der Waals surface area (Å²) in [5.74, 6) is -2.13. The number of carbonyl (C=O) groups excluding carboxylic acids is 1. The van der Waals surface area contributed by atoms with Crippen molar-refractivity contribution >= 4 is 12.1 Å². The van der Waals surface area contributed by atoms with E-state index in [1.54, 1.807) is 6.07 Å². The summed E-state index contributed by atoms with van der Waals surface area (Å²) in [4.78, 5) is 26.2. The maximum absolute atomic E-state index is 14.3. The van der Waals surface area contributed by atoms with Gasteiger partial charge in [-0.05, 0) is 26.8 Å². The number of carboxylic acid groups (broad SMARTS) is 1. The zero-order valence-corrected chi connectivity index (χ0v) is 16.8. The van der Waals surface area contributed by atoms with Crippen molar-refractivity contribution in [3.63, 3.8) is 0 Å².